The van der Waals surface area contributed by atoms with E-state index >= 15 is 0 Å². The van der Waals surface area contributed by atoms with Crippen molar-refractivity contribution < 1.29 is 9.53 Å². The van der Waals surface area contributed by atoms with E-state index in [4.69, 9.17) is 4.74 Å². The number of nitrogens with one attached hydrogen (secondary N) is 1. The molecule has 0 spiro atoms. The highest BCUT2D eigenvalue weighted by Gasteiger charge is 2.14. The fraction of sp³-hybridized carbons (Fsp3) is 0.611. The Bertz CT molecular complexity index is 464. The van der Waals surface area contributed by atoms with Gasteiger partial charge in [0.25, 0.3) is 0 Å². The largest absolute Gasteiger partial charge is 0.496 e. The van der Waals surface area contributed by atoms with Gasteiger partial charge >= 0.3 is 0 Å². The average Bonchev–Trinajstić information content (AvgIpc) is 2.52. The number of hydrogen-bond donors (Lipinski definition) is 1. The summed E-state index contributed by atoms with van der Waals surface area (Å²) >= 11 is 0. The highest BCUT2D eigenvalue weighted by atomic mass is 16.5. The summed E-state index contributed by atoms with van der Waals surface area (Å²) in [5.74, 6) is 1.78. The van der Waals surface area contributed by atoms with E-state index in [1.165, 1.54) is 37.7 Å². The molecule has 0 aromatic heterocycles. The van der Waals surface area contributed by atoms with Crippen molar-refractivity contribution in [3.8, 4) is 5.75 Å². The van der Waals surface area contributed by atoms with E-state index in [0.717, 1.165) is 24.3 Å². The summed E-state index contributed by atoms with van der Waals surface area (Å²) in [5.41, 5.74) is 2.32. The van der Waals surface area contributed by atoms with Crippen LogP contribution in [-0.4, -0.2) is 19.6 Å². The van der Waals surface area contributed by atoms with Gasteiger partial charge in [0.1, 0.15) is 5.75 Å². The van der Waals surface area contributed by atoms with E-state index in [-0.39, 0.29) is 5.91 Å². The fourth-order valence-electron chi connectivity index (χ4n) is 3.09. The fourth-order valence-corrected chi connectivity index (χ4v) is 3.09. The molecule has 0 heterocycles. The minimum Gasteiger partial charge on any atom is -0.496 e. The van der Waals surface area contributed by atoms with Crippen molar-refractivity contribution in [2.45, 2.75) is 51.9 Å². The van der Waals surface area contributed by atoms with Crippen LogP contribution in [0.25, 0.3) is 0 Å². The highest BCUT2D eigenvalue weighted by Crippen LogP contribution is 2.23. The monoisotopic (exact) mass is 289 g/mol. The first-order valence-electron chi connectivity index (χ1n) is 8.09. The van der Waals surface area contributed by atoms with Gasteiger partial charge in [0.2, 0.25) is 5.91 Å². The van der Waals surface area contributed by atoms with E-state index < -0.39 is 0 Å². The van der Waals surface area contributed by atoms with E-state index in [1.54, 1.807) is 7.11 Å². The second kappa shape index (κ2) is 8.06. The number of hydrogen-bond acceptors (Lipinski definition) is 2. The second-order valence-electron chi connectivity index (χ2n) is 6.11. The minimum absolute atomic E-state index is 0.175. The number of ether oxygens (including phenoxy) is 1. The Labute approximate surface area is 128 Å². The van der Waals surface area contributed by atoms with Gasteiger partial charge in [0, 0.05) is 13.0 Å². The molecule has 0 atom stereocenters. The van der Waals surface area contributed by atoms with Crippen LogP contribution in [0, 0.1) is 12.8 Å². The first-order chi connectivity index (χ1) is 10.2. The lowest BCUT2D eigenvalue weighted by atomic mass is 9.89. The molecular weight excluding hydrogens is 262 g/mol. The van der Waals surface area contributed by atoms with Gasteiger partial charge < -0.3 is 10.1 Å². The van der Waals surface area contributed by atoms with E-state index in [0.29, 0.717) is 12.3 Å². The Morgan fingerprint density at radius 2 is 2.05 bits per heavy atom. The van der Waals surface area contributed by atoms with Crippen molar-refractivity contribution in [2.24, 2.45) is 5.92 Å². The summed E-state index contributed by atoms with van der Waals surface area (Å²) in [6.45, 7) is 2.89. The maximum absolute atomic E-state index is 11.9. The van der Waals surface area contributed by atoms with Gasteiger partial charge in [-0.3, -0.25) is 4.79 Å². The molecule has 1 amide bonds. The number of benzene rings is 1. The third kappa shape index (κ3) is 5.07. The van der Waals surface area contributed by atoms with Crippen molar-refractivity contribution in [3.63, 3.8) is 0 Å². The number of carbonyl (C=O) groups excluding carboxylic acids is 1. The van der Waals surface area contributed by atoms with Crippen LogP contribution in [0.2, 0.25) is 0 Å². The number of carbonyl (C=O) groups is 1. The van der Waals surface area contributed by atoms with Gasteiger partial charge in [-0.1, -0.05) is 31.4 Å². The van der Waals surface area contributed by atoms with Gasteiger partial charge in [-0.25, -0.2) is 0 Å². The summed E-state index contributed by atoms with van der Waals surface area (Å²) in [7, 11) is 1.68. The first-order valence-corrected chi connectivity index (χ1v) is 8.09. The summed E-state index contributed by atoms with van der Waals surface area (Å²) in [4.78, 5) is 11.9. The summed E-state index contributed by atoms with van der Waals surface area (Å²) < 4.78 is 5.25. The van der Waals surface area contributed by atoms with Gasteiger partial charge in [-0.05, 0) is 49.3 Å². The molecule has 0 aliphatic heterocycles. The zero-order valence-corrected chi connectivity index (χ0v) is 13.3. The highest BCUT2D eigenvalue weighted by molar-refractivity contribution is 5.76. The number of aryl methyl sites for hydroxylation is 2. The smallest absolute Gasteiger partial charge is 0.220 e. The second-order valence-corrected chi connectivity index (χ2v) is 6.11. The van der Waals surface area contributed by atoms with Crippen LogP contribution in [0.5, 0.6) is 5.75 Å². The number of amides is 1. The third-order valence-corrected chi connectivity index (χ3v) is 4.41. The van der Waals surface area contributed by atoms with Crippen LogP contribution in [0.4, 0.5) is 0 Å². The lowest BCUT2D eigenvalue weighted by Gasteiger charge is -2.21. The quantitative estimate of drug-likeness (QED) is 0.868. The average molecular weight is 289 g/mol. The topological polar surface area (TPSA) is 38.3 Å². The van der Waals surface area contributed by atoms with E-state index in [2.05, 4.69) is 11.4 Å². The molecule has 0 unspecified atom stereocenters. The van der Waals surface area contributed by atoms with Gasteiger partial charge in [0.05, 0.1) is 7.11 Å². The molecule has 1 aliphatic rings. The van der Waals surface area contributed by atoms with Crippen LogP contribution in [0.15, 0.2) is 18.2 Å². The van der Waals surface area contributed by atoms with Crippen LogP contribution < -0.4 is 10.1 Å². The van der Waals surface area contributed by atoms with Gasteiger partial charge in [0.15, 0.2) is 0 Å². The molecule has 1 saturated carbocycles. The molecule has 1 N–H and O–H groups in total. The Balaban J connectivity index is 1.71. The lowest BCUT2D eigenvalue weighted by Crippen LogP contribution is -2.30. The maximum Gasteiger partial charge on any atom is 0.220 e. The van der Waals surface area contributed by atoms with E-state index in [1.807, 2.05) is 19.1 Å². The van der Waals surface area contributed by atoms with Crippen molar-refractivity contribution in [3.05, 3.63) is 29.3 Å². The summed E-state index contributed by atoms with van der Waals surface area (Å²) in [6, 6.07) is 6.12. The van der Waals surface area contributed by atoms with Gasteiger partial charge in [-0.2, -0.15) is 0 Å². The standard InChI is InChI=1S/C18H27NO2/c1-14-12-15(8-10-17(14)21-2)9-11-18(20)19-13-16-6-4-3-5-7-16/h8,10,12,16H,3-7,9,11,13H2,1-2H3,(H,19,20). The molecular formula is C18H27NO2. The molecule has 1 aromatic rings. The Hall–Kier alpha value is -1.51. The summed E-state index contributed by atoms with van der Waals surface area (Å²) in [6.07, 6.45) is 7.92. The van der Waals surface area contributed by atoms with Gasteiger partial charge in [-0.15, -0.1) is 0 Å². The molecule has 3 nitrogen and oxygen atoms in total. The van der Waals surface area contributed by atoms with Crippen LogP contribution in [0.1, 0.15) is 49.7 Å². The van der Waals surface area contributed by atoms with Crippen LogP contribution >= 0.6 is 0 Å². The normalized spacial score (nSPS) is 15.7. The molecule has 0 bridgehead atoms. The maximum atomic E-state index is 11.9. The third-order valence-electron chi connectivity index (χ3n) is 4.41. The van der Waals surface area contributed by atoms with Crippen LogP contribution in [0.3, 0.4) is 0 Å². The predicted octanol–water partition coefficient (Wildman–Crippen LogP) is 3.63. The van der Waals surface area contributed by atoms with E-state index in [9.17, 15) is 4.79 Å². The predicted molar refractivity (Wildman–Crippen MR) is 85.6 cm³/mol. The minimum atomic E-state index is 0.175. The molecule has 21 heavy (non-hydrogen) atoms. The molecule has 116 valence electrons. The molecule has 0 saturated heterocycles. The molecule has 1 aromatic carbocycles. The molecule has 1 aliphatic carbocycles. The number of rotatable bonds is 6. The Kier molecular flexibility index (Phi) is 6.09. The Morgan fingerprint density at radius 1 is 1.29 bits per heavy atom. The van der Waals surface area contributed by atoms with Crippen LogP contribution in [-0.2, 0) is 11.2 Å². The van der Waals surface area contributed by atoms with Crippen molar-refractivity contribution in [2.75, 3.05) is 13.7 Å². The zero-order chi connectivity index (χ0) is 15.1. The number of methoxy groups -OCH3 is 1. The SMILES string of the molecule is COc1ccc(CCC(=O)NCC2CCCCC2)cc1C. The molecule has 0 radical (unpaired) electrons. The first kappa shape index (κ1) is 15.9. The molecule has 2 rings (SSSR count). The van der Waals surface area contributed by atoms with Crippen molar-refractivity contribution >= 4 is 5.91 Å². The molecule has 1 fully saturated rings. The summed E-state index contributed by atoms with van der Waals surface area (Å²) in [5, 5.41) is 3.10. The zero-order valence-electron chi connectivity index (χ0n) is 13.3. The van der Waals surface area contributed by atoms with Crippen molar-refractivity contribution in [1.82, 2.24) is 5.32 Å². The lowest BCUT2D eigenvalue weighted by molar-refractivity contribution is -0.121. The van der Waals surface area contributed by atoms with Crippen molar-refractivity contribution in [1.29, 1.82) is 0 Å². The molecule has 3 heteroatoms. The Morgan fingerprint density at radius 3 is 2.71 bits per heavy atom.